The Labute approximate surface area is 138 Å². The Morgan fingerprint density at radius 3 is 2.43 bits per heavy atom. The van der Waals surface area contributed by atoms with E-state index < -0.39 is 0 Å². The smallest absolute Gasteiger partial charge is 0.223 e. The van der Waals surface area contributed by atoms with Gasteiger partial charge in [-0.15, -0.1) is 0 Å². The average Bonchev–Trinajstić information content (AvgIpc) is 2.58. The van der Waals surface area contributed by atoms with Crippen LogP contribution in [-0.4, -0.2) is 43.7 Å². The third kappa shape index (κ3) is 4.61. The molecule has 0 saturated carbocycles. The van der Waals surface area contributed by atoms with Crippen LogP contribution in [-0.2, 0) is 4.79 Å². The normalized spacial score (nSPS) is 14.4. The number of amides is 1. The van der Waals surface area contributed by atoms with Gasteiger partial charge in [0.2, 0.25) is 5.91 Å². The Morgan fingerprint density at radius 2 is 1.83 bits per heavy atom. The van der Waals surface area contributed by atoms with Crippen LogP contribution in [0.25, 0.3) is 0 Å². The van der Waals surface area contributed by atoms with Crippen molar-refractivity contribution in [1.29, 1.82) is 0 Å². The predicted octanol–water partition coefficient (Wildman–Crippen LogP) is 2.54. The van der Waals surface area contributed by atoms with Gasteiger partial charge < -0.3 is 20.1 Å². The second-order valence-electron chi connectivity index (χ2n) is 5.92. The summed E-state index contributed by atoms with van der Waals surface area (Å²) in [5, 5.41) is 0. The van der Waals surface area contributed by atoms with Crippen LogP contribution >= 0.6 is 0 Å². The summed E-state index contributed by atoms with van der Waals surface area (Å²) in [7, 11) is 0. The van der Waals surface area contributed by atoms with Gasteiger partial charge in [-0.25, -0.2) is 0 Å². The van der Waals surface area contributed by atoms with E-state index in [0.29, 0.717) is 26.2 Å². The van der Waals surface area contributed by atoms with Crippen molar-refractivity contribution in [1.82, 2.24) is 4.90 Å². The van der Waals surface area contributed by atoms with Gasteiger partial charge in [-0.05, 0) is 37.1 Å². The number of hydrogen-bond donors (Lipinski definition) is 1. The summed E-state index contributed by atoms with van der Waals surface area (Å²) in [5.41, 5.74) is 6.97. The Kier molecular flexibility index (Phi) is 6.71. The van der Waals surface area contributed by atoms with E-state index in [2.05, 4.69) is 13.8 Å². The summed E-state index contributed by atoms with van der Waals surface area (Å²) < 4.78 is 11.2. The lowest BCUT2D eigenvalue weighted by atomic mass is 9.94. The van der Waals surface area contributed by atoms with E-state index in [1.807, 2.05) is 23.1 Å². The van der Waals surface area contributed by atoms with Crippen molar-refractivity contribution in [2.45, 2.75) is 39.0 Å². The SMILES string of the molecule is CCCN(CCC)C(=O)CC(CN)c1ccc2c(c1)OCCO2. The summed E-state index contributed by atoms with van der Waals surface area (Å²) in [4.78, 5) is 14.5. The Bertz CT molecular complexity index is 513. The second kappa shape index (κ2) is 8.77. The van der Waals surface area contributed by atoms with Gasteiger partial charge in [-0.3, -0.25) is 4.79 Å². The maximum absolute atomic E-state index is 12.6. The monoisotopic (exact) mass is 320 g/mol. The largest absolute Gasteiger partial charge is 0.486 e. The molecule has 5 heteroatoms. The molecule has 0 saturated heterocycles. The molecule has 1 aliphatic rings. The van der Waals surface area contributed by atoms with Crippen LogP contribution in [0, 0.1) is 0 Å². The third-order valence-corrected chi connectivity index (χ3v) is 4.08. The van der Waals surface area contributed by atoms with Gasteiger partial charge in [-0.2, -0.15) is 0 Å². The topological polar surface area (TPSA) is 64.8 Å². The molecular formula is C18H28N2O3. The number of hydrogen-bond acceptors (Lipinski definition) is 4. The Balaban J connectivity index is 2.08. The molecule has 23 heavy (non-hydrogen) atoms. The molecule has 1 heterocycles. The van der Waals surface area contributed by atoms with Crippen LogP contribution in [0.1, 0.15) is 44.6 Å². The van der Waals surface area contributed by atoms with Crippen molar-refractivity contribution in [3.8, 4) is 11.5 Å². The number of benzene rings is 1. The van der Waals surface area contributed by atoms with Crippen LogP contribution in [0.2, 0.25) is 0 Å². The summed E-state index contributed by atoms with van der Waals surface area (Å²) >= 11 is 0. The van der Waals surface area contributed by atoms with Gasteiger partial charge in [0.1, 0.15) is 13.2 Å². The molecule has 0 fully saturated rings. The van der Waals surface area contributed by atoms with Crippen molar-refractivity contribution in [3.05, 3.63) is 23.8 Å². The molecule has 0 bridgehead atoms. The molecule has 2 rings (SSSR count). The fourth-order valence-corrected chi connectivity index (χ4v) is 2.89. The van der Waals surface area contributed by atoms with Gasteiger partial charge in [0.05, 0.1) is 0 Å². The fraction of sp³-hybridized carbons (Fsp3) is 0.611. The second-order valence-corrected chi connectivity index (χ2v) is 5.92. The summed E-state index contributed by atoms with van der Waals surface area (Å²) in [6, 6.07) is 5.86. The molecular weight excluding hydrogens is 292 g/mol. The lowest BCUT2D eigenvalue weighted by molar-refractivity contribution is -0.131. The molecule has 2 N–H and O–H groups in total. The first kappa shape index (κ1) is 17.6. The zero-order chi connectivity index (χ0) is 16.7. The Morgan fingerprint density at radius 1 is 1.17 bits per heavy atom. The minimum absolute atomic E-state index is 0.00883. The van der Waals surface area contributed by atoms with Gasteiger partial charge >= 0.3 is 0 Å². The third-order valence-electron chi connectivity index (χ3n) is 4.08. The zero-order valence-corrected chi connectivity index (χ0v) is 14.2. The number of fused-ring (bicyclic) bond motifs is 1. The first-order valence-electron chi connectivity index (χ1n) is 8.57. The number of ether oxygens (including phenoxy) is 2. The highest BCUT2D eigenvalue weighted by atomic mass is 16.6. The van der Waals surface area contributed by atoms with Crippen molar-refractivity contribution in [3.63, 3.8) is 0 Å². The standard InChI is InChI=1S/C18H28N2O3/c1-3-7-20(8-4-2)18(21)12-15(13-19)14-5-6-16-17(11-14)23-10-9-22-16/h5-6,11,15H,3-4,7-10,12-13,19H2,1-2H3. The molecule has 0 aliphatic carbocycles. The number of nitrogens with two attached hydrogens (primary N) is 1. The highest BCUT2D eigenvalue weighted by molar-refractivity contribution is 5.77. The lowest BCUT2D eigenvalue weighted by Gasteiger charge is -2.25. The predicted molar refractivity (Wildman–Crippen MR) is 91.0 cm³/mol. The highest BCUT2D eigenvalue weighted by Crippen LogP contribution is 2.33. The van der Waals surface area contributed by atoms with Crippen LogP contribution in [0.5, 0.6) is 11.5 Å². The quantitative estimate of drug-likeness (QED) is 0.799. The number of nitrogens with zero attached hydrogens (tertiary/aromatic N) is 1. The van der Waals surface area contributed by atoms with Gasteiger partial charge in [0.25, 0.3) is 0 Å². The van der Waals surface area contributed by atoms with E-state index in [1.165, 1.54) is 0 Å². The summed E-state index contributed by atoms with van der Waals surface area (Å²) in [5.74, 6) is 1.70. The van der Waals surface area contributed by atoms with E-state index in [-0.39, 0.29) is 11.8 Å². The molecule has 1 amide bonds. The molecule has 0 spiro atoms. The van der Waals surface area contributed by atoms with Gasteiger partial charge in [-0.1, -0.05) is 19.9 Å². The highest BCUT2D eigenvalue weighted by Gasteiger charge is 2.21. The molecule has 1 aromatic carbocycles. The molecule has 1 aromatic rings. The van der Waals surface area contributed by atoms with E-state index in [1.54, 1.807) is 0 Å². The van der Waals surface area contributed by atoms with E-state index >= 15 is 0 Å². The average molecular weight is 320 g/mol. The van der Waals surface area contributed by atoms with Crippen molar-refractivity contribution >= 4 is 5.91 Å². The minimum Gasteiger partial charge on any atom is -0.486 e. The van der Waals surface area contributed by atoms with Crippen LogP contribution in [0.3, 0.4) is 0 Å². The number of carbonyl (C=O) groups excluding carboxylic acids is 1. The lowest BCUT2D eigenvalue weighted by Crippen LogP contribution is -2.34. The van der Waals surface area contributed by atoms with Crippen molar-refractivity contribution in [2.24, 2.45) is 5.73 Å². The molecule has 1 atom stereocenters. The van der Waals surface area contributed by atoms with Crippen molar-refractivity contribution < 1.29 is 14.3 Å². The van der Waals surface area contributed by atoms with Gasteiger partial charge in [0.15, 0.2) is 11.5 Å². The molecule has 5 nitrogen and oxygen atoms in total. The van der Waals surface area contributed by atoms with Crippen molar-refractivity contribution in [2.75, 3.05) is 32.8 Å². The van der Waals surface area contributed by atoms with E-state index in [9.17, 15) is 4.79 Å². The molecule has 128 valence electrons. The fourth-order valence-electron chi connectivity index (χ4n) is 2.89. The van der Waals surface area contributed by atoms with Crippen LogP contribution in [0.4, 0.5) is 0 Å². The van der Waals surface area contributed by atoms with E-state index in [0.717, 1.165) is 43.0 Å². The maximum Gasteiger partial charge on any atom is 0.223 e. The maximum atomic E-state index is 12.6. The van der Waals surface area contributed by atoms with E-state index in [4.69, 9.17) is 15.2 Å². The molecule has 0 radical (unpaired) electrons. The molecule has 0 aromatic heterocycles. The number of rotatable bonds is 8. The summed E-state index contributed by atoms with van der Waals surface area (Å²) in [6.45, 7) is 7.39. The molecule has 1 aliphatic heterocycles. The molecule has 1 unspecified atom stereocenters. The Hall–Kier alpha value is -1.75. The number of carbonyl (C=O) groups is 1. The first-order valence-corrected chi connectivity index (χ1v) is 8.57. The zero-order valence-electron chi connectivity index (χ0n) is 14.2. The minimum atomic E-state index is 0.00883. The van der Waals surface area contributed by atoms with Gasteiger partial charge in [0, 0.05) is 25.4 Å². The van der Waals surface area contributed by atoms with Crippen LogP contribution < -0.4 is 15.2 Å². The first-order chi connectivity index (χ1) is 11.2. The summed E-state index contributed by atoms with van der Waals surface area (Å²) in [6.07, 6.45) is 2.39. The van der Waals surface area contributed by atoms with Crippen LogP contribution in [0.15, 0.2) is 18.2 Å².